The number of rotatable bonds is 3. The number of cyclic esters (lactones) is 1. The molecule has 2 saturated heterocycles. The summed E-state index contributed by atoms with van der Waals surface area (Å²) in [4.78, 5) is 16.2. The molecule has 0 aromatic heterocycles. The third kappa shape index (κ3) is 3.36. The minimum Gasteiger partial charge on any atom is -0.493 e. The fourth-order valence-electron chi connectivity index (χ4n) is 4.23. The molecule has 5 nitrogen and oxygen atoms in total. The second-order valence-corrected chi connectivity index (χ2v) is 7.15. The van der Waals surface area contributed by atoms with Crippen LogP contribution in [-0.4, -0.2) is 61.3 Å². The number of likely N-dealkylation sites (tertiary alicyclic amines) is 1. The zero-order chi connectivity index (χ0) is 16.4. The molecule has 0 saturated carbocycles. The molecule has 0 aliphatic carbocycles. The van der Waals surface area contributed by atoms with E-state index in [-0.39, 0.29) is 6.09 Å². The highest BCUT2D eigenvalue weighted by molar-refractivity contribution is 5.69. The maximum Gasteiger partial charge on any atom is 0.410 e. The van der Waals surface area contributed by atoms with Gasteiger partial charge in [-0.3, -0.25) is 0 Å². The molecule has 1 atom stereocenters. The van der Waals surface area contributed by atoms with Crippen molar-refractivity contribution in [2.75, 3.05) is 39.4 Å². The summed E-state index contributed by atoms with van der Waals surface area (Å²) in [6.45, 7) is 5.42. The molecule has 2 fully saturated rings. The molecule has 4 rings (SSSR count). The summed E-state index contributed by atoms with van der Waals surface area (Å²) in [6, 6.07) is 8.80. The number of piperidine rings is 1. The van der Waals surface area contributed by atoms with Gasteiger partial charge in [-0.15, -0.1) is 0 Å². The molecule has 0 N–H and O–H groups in total. The van der Waals surface area contributed by atoms with Crippen LogP contribution < -0.4 is 4.74 Å². The molecular formula is C19H26N2O3. The van der Waals surface area contributed by atoms with Gasteiger partial charge in [-0.05, 0) is 43.2 Å². The quantitative estimate of drug-likeness (QED) is 0.854. The van der Waals surface area contributed by atoms with Gasteiger partial charge in [0.05, 0.1) is 13.2 Å². The summed E-state index contributed by atoms with van der Waals surface area (Å²) in [5.41, 5.74) is 1.34. The van der Waals surface area contributed by atoms with Crippen molar-refractivity contribution in [3.8, 4) is 5.75 Å². The van der Waals surface area contributed by atoms with Crippen LogP contribution in [0.4, 0.5) is 4.79 Å². The Hall–Kier alpha value is -1.75. The predicted molar refractivity (Wildman–Crippen MR) is 91.3 cm³/mol. The zero-order valence-corrected chi connectivity index (χ0v) is 14.2. The number of hydrogen-bond acceptors (Lipinski definition) is 4. The number of fused-ring (bicyclic) bond motifs is 1. The molecule has 130 valence electrons. The molecule has 3 heterocycles. The second kappa shape index (κ2) is 7.01. The van der Waals surface area contributed by atoms with E-state index in [0.29, 0.717) is 18.6 Å². The van der Waals surface area contributed by atoms with Crippen molar-refractivity contribution in [3.05, 3.63) is 29.8 Å². The number of carbonyl (C=O) groups excluding carboxylic acids is 1. The van der Waals surface area contributed by atoms with Gasteiger partial charge in [0, 0.05) is 25.7 Å². The Kier molecular flexibility index (Phi) is 4.60. The number of nitrogens with zero attached hydrogens (tertiary/aromatic N) is 2. The van der Waals surface area contributed by atoms with Gasteiger partial charge in [0.25, 0.3) is 0 Å². The summed E-state index contributed by atoms with van der Waals surface area (Å²) in [7, 11) is 0. The van der Waals surface area contributed by atoms with Gasteiger partial charge in [-0.1, -0.05) is 18.2 Å². The summed E-state index contributed by atoms with van der Waals surface area (Å²) in [5.74, 6) is 1.72. The average Bonchev–Trinajstić information content (AvgIpc) is 2.92. The van der Waals surface area contributed by atoms with Gasteiger partial charge >= 0.3 is 6.09 Å². The largest absolute Gasteiger partial charge is 0.493 e. The summed E-state index contributed by atoms with van der Waals surface area (Å²) >= 11 is 0. The summed E-state index contributed by atoms with van der Waals surface area (Å²) in [6.07, 6.45) is 4.23. The fraction of sp³-hybridized carbons (Fsp3) is 0.632. The van der Waals surface area contributed by atoms with E-state index in [9.17, 15) is 4.79 Å². The molecule has 1 aromatic rings. The van der Waals surface area contributed by atoms with E-state index < -0.39 is 0 Å². The molecule has 3 aliphatic heterocycles. The molecule has 0 spiro atoms. The first kappa shape index (κ1) is 15.8. The number of benzene rings is 1. The monoisotopic (exact) mass is 330 g/mol. The highest BCUT2D eigenvalue weighted by Gasteiger charge is 2.32. The van der Waals surface area contributed by atoms with E-state index in [0.717, 1.165) is 64.2 Å². The molecule has 1 aromatic carbocycles. The smallest absolute Gasteiger partial charge is 0.410 e. The van der Waals surface area contributed by atoms with Gasteiger partial charge in [0.1, 0.15) is 12.4 Å². The van der Waals surface area contributed by atoms with E-state index in [1.54, 1.807) is 0 Å². The van der Waals surface area contributed by atoms with Gasteiger partial charge in [0.15, 0.2) is 0 Å². The zero-order valence-electron chi connectivity index (χ0n) is 14.2. The third-order valence-corrected chi connectivity index (χ3v) is 5.57. The molecule has 3 aliphatic rings. The lowest BCUT2D eigenvalue weighted by Crippen LogP contribution is -2.46. The average molecular weight is 330 g/mol. The standard InChI is InChI=1S/C19H26N2O3/c22-19-21(10-12-24-19)17-5-8-20(9-6-17)14-15-7-11-23-18-4-2-1-3-16(18)13-15/h1-4,15,17H,5-14H2. The van der Waals surface area contributed by atoms with Crippen molar-refractivity contribution in [2.45, 2.75) is 31.7 Å². The Morgan fingerprint density at radius 2 is 1.83 bits per heavy atom. The number of para-hydroxylation sites is 1. The molecule has 0 radical (unpaired) electrons. The SMILES string of the molecule is O=C1OCCN1C1CCN(CC2CCOc3ccccc3C2)CC1. The van der Waals surface area contributed by atoms with E-state index in [1.807, 2.05) is 11.0 Å². The van der Waals surface area contributed by atoms with Crippen LogP contribution in [0.3, 0.4) is 0 Å². The molecule has 5 heteroatoms. The van der Waals surface area contributed by atoms with Crippen LogP contribution >= 0.6 is 0 Å². The first-order chi connectivity index (χ1) is 11.8. The van der Waals surface area contributed by atoms with E-state index in [4.69, 9.17) is 9.47 Å². The molecular weight excluding hydrogens is 304 g/mol. The van der Waals surface area contributed by atoms with E-state index >= 15 is 0 Å². The number of ether oxygens (including phenoxy) is 2. The van der Waals surface area contributed by atoms with Crippen molar-refractivity contribution in [2.24, 2.45) is 5.92 Å². The number of amides is 1. The second-order valence-electron chi connectivity index (χ2n) is 7.15. The van der Waals surface area contributed by atoms with Gasteiger partial charge < -0.3 is 19.3 Å². The highest BCUT2D eigenvalue weighted by atomic mass is 16.6. The first-order valence-corrected chi connectivity index (χ1v) is 9.16. The van der Waals surface area contributed by atoms with Crippen molar-refractivity contribution in [1.82, 2.24) is 9.80 Å². The number of hydrogen-bond donors (Lipinski definition) is 0. The van der Waals surface area contributed by atoms with Crippen molar-refractivity contribution in [1.29, 1.82) is 0 Å². The number of carbonyl (C=O) groups is 1. The minimum absolute atomic E-state index is 0.119. The highest BCUT2D eigenvalue weighted by Crippen LogP contribution is 2.28. The van der Waals surface area contributed by atoms with Crippen LogP contribution in [0.2, 0.25) is 0 Å². The maximum atomic E-state index is 11.7. The lowest BCUT2D eigenvalue weighted by Gasteiger charge is -2.36. The minimum atomic E-state index is -0.119. The fourth-order valence-corrected chi connectivity index (χ4v) is 4.23. The Bertz CT molecular complexity index is 584. The molecule has 0 bridgehead atoms. The van der Waals surface area contributed by atoms with E-state index in [2.05, 4.69) is 23.1 Å². The molecule has 24 heavy (non-hydrogen) atoms. The lowest BCUT2D eigenvalue weighted by molar-refractivity contribution is 0.108. The van der Waals surface area contributed by atoms with Crippen molar-refractivity contribution >= 4 is 6.09 Å². The third-order valence-electron chi connectivity index (χ3n) is 5.57. The van der Waals surface area contributed by atoms with Crippen LogP contribution in [0.15, 0.2) is 24.3 Å². The van der Waals surface area contributed by atoms with Crippen LogP contribution in [-0.2, 0) is 11.2 Å². The van der Waals surface area contributed by atoms with Crippen LogP contribution in [0.25, 0.3) is 0 Å². The maximum absolute atomic E-state index is 11.7. The van der Waals surface area contributed by atoms with Gasteiger partial charge in [0.2, 0.25) is 0 Å². The summed E-state index contributed by atoms with van der Waals surface area (Å²) < 4.78 is 11.0. The normalized spacial score (nSPS) is 25.8. The summed E-state index contributed by atoms with van der Waals surface area (Å²) in [5, 5.41) is 0. The Balaban J connectivity index is 1.30. The van der Waals surface area contributed by atoms with Gasteiger partial charge in [-0.2, -0.15) is 0 Å². The Morgan fingerprint density at radius 1 is 1.00 bits per heavy atom. The Labute approximate surface area is 143 Å². The van der Waals surface area contributed by atoms with Crippen LogP contribution in [0.1, 0.15) is 24.8 Å². The van der Waals surface area contributed by atoms with Crippen molar-refractivity contribution in [3.63, 3.8) is 0 Å². The Morgan fingerprint density at radius 3 is 2.62 bits per heavy atom. The topological polar surface area (TPSA) is 42.0 Å². The van der Waals surface area contributed by atoms with Crippen LogP contribution in [0.5, 0.6) is 5.75 Å². The molecule has 1 unspecified atom stereocenters. The molecule has 1 amide bonds. The van der Waals surface area contributed by atoms with Crippen LogP contribution in [0, 0.1) is 5.92 Å². The lowest BCUT2D eigenvalue weighted by atomic mass is 9.95. The van der Waals surface area contributed by atoms with Crippen molar-refractivity contribution < 1.29 is 14.3 Å². The van der Waals surface area contributed by atoms with E-state index in [1.165, 1.54) is 5.56 Å². The van der Waals surface area contributed by atoms with Gasteiger partial charge in [-0.25, -0.2) is 4.79 Å². The predicted octanol–water partition coefficient (Wildman–Crippen LogP) is 2.54. The first-order valence-electron chi connectivity index (χ1n) is 9.16.